The minimum atomic E-state index is 1.13. The number of anilines is 3. The predicted molar refractivity (Wildman–Crippen MR) is 219 cm³/mol. The van der Waals surface area contributed by atoms with E-state index < -0.39 is 0 Å². The maximum Gasteiger partial charge on any atom is 0.0555 e. The summed E-state index contributed by atoms with van der Waals surface area (Å²) in [5, 5.41) is 5.06. The molecule has 0 N–H and O–H groups in total. The van der Waals surface area contributed by atoms with Gasteiger partial charge in [-0.05, 0) is 89.0 Å². The van der Waals surface area contributed by atoms with Crippen molar-refractivity contribution in [3.8, 4) is 27.9 Å². The first-order valence-electron chi connectivity index (χ1n) is 17.4. The van der Waals surface area contributed by atoms with Crippen LogP contribution < -0.4 is 4.90 Å². The number of hydrogen-bond acceptors (Lipinski definition) is 2. The average Bonchev–Trinajstić information content (AvgIpc) is 3.76. The molecule has 0 aliphatic carbocycles. The van der Waals surface area contributed by atoms with Crippen LogP contribution in [0.4, 0.5) is 17.1 Å². The summed E-state index contributed by atoms with van der Waals surface area (Å²) in [7, 11) is 0. The molecule has 3 heteroatoms. The number of rotatable bonds is 6. The van der Waals surface area contributed by atoms with Crippen molar-refractivity contribution in [3.63, 3.8) is 0 Å². The third-order valence-electron chi connectivity index (χ3n) is 9.97. The van der Waals surface area contributed by atoms with E-state index in [0.717, 1.165) is 11.4 Å². The number of para-hydroxylation sites is 3. The highest BCUT2D eigenvalue weighted by Crippen LogP contribution is 2.49. The van der Waals surface area contributed by atoms with E-state index in [1.807, 2.05) is 11.3 Å². The molecule has 0 fully saturated rings. The van der Waals surface area contributed by atoms with Crippen LogP contribution in [0.2, 0.25) is 0 Å². The molecule has 0 unspecified atom stereocenters. The Labute approximate surface area is 300 Å². The summed E-state index contributed by atoms with van der Waals surface area (Å²) < 4.78 is 4.96. The molecule has 10 aromatic rings. The van der Waals surface area contributed by atoms with Gasteiger partial charge in [0.1, 0.15) is 0 Å². The molecular weight excluding hydrogens is 637 g/mol. The van der Waals surface area contributed by atoms with Gasteiger partial charge >= 0.3 is 0 Å². The van der Waals surface area contributed by atoms with E-state index in [9.17, 15) is 0 Å². The van der Waals surface area contributed by atoms with Gasteiger partial charge in [0.2, 0.25) is 0 Å². The molecule has 2 heterocycles. The molecule has 51 heavy (non-hydrogen) atoms. The summed E-state index contributed by atoms with van der Waals surface area (Å²) in [6, 6.07) is 70.3. The van der Waals surface area contributed by atoms with Crippen LogP contribution in [0, 0.1) is 0 Å². The molecule has 8 aromatic carbocycles. The van der Waals surface area contributed by atoms with Gasteiger partial charge in [-0.25, -0.2) is 0 Å². The molecule has 0 bridgehead atoms. The first-order valence-corrected chi connectivity index (χ1v) is 18.2. The highest BCUT2D eigenvalue weighted by molar-refractivity contribution is 7.26. The Bertz CT molecular complexity index is 2850. The van der Waals surface area contributed by atoms with Crippen molar-refractivity contribution in [1.82, 2.24) is 4.57 Å². The van der Waals surface area contributed by atoms with E-state index in [2.05, 4.69) is 204 Å². The summed E-state index contributed by atoms with van der Waals surface area (Å²) >= 11 is 1.88. The molecule has 240 valence electrons. The SMILES string of the molecule is c1ccc(-c2cccc(N(c3ccccc3)c3ccc(-c4ccc5c(c4)c4ccccc4n5-c4ccccc4)c4sc5ccccc5c34)c2)cc1. The lowest BCUT2D eigenvalue weighted by Crippen LogP contribution is -2.10. The number of hydrogen-bond donors (Lipinski definition) is 0. The Morgan fingerprint density at radius 3 is 1.88 bits per heavy atom. The average molecular weight is 669 g/mol. The molecule has 0 radical (unpaired) electrons. The Balaban J connectivity index is 1.21. The van der Waals surface area contributed by atoms with E-state index in [1.165, 1.54) is 75.6 Å². The number of fused-ring (bicyclic) bond motifs is 6. The zero-order chi connectivity index (χ0) is 33.7. The second-order valence-corrected chi connectivity index (χ2v) is 14.0. The van der Waals surface area contributed by atoms with E-state index in [-0.39, 0.29) is 0 Å². The summed E-state index contributed by atoms with van der Waals surface area (Å²) in [5.74, 6) is 0. The zero-order valence-corrected chi connectivity index (χ0v) is 28.6. The molecule has 0 atom stereocenters. The van der Waals surface area contributed by atoms with Crippen LogP contribution in [0.15, 0.2) is 194 Å². The van der Waals surface area contributed by atoms with Gasteiger partial charge in [0.25, 0.3) is 0 Å². The molecule has 2 aromatic heterocycles. The van der Waals surface area contributed by atoms with Gasteiger partial charge in [0, 0.05) is 48.0 Å². The Morgan fingerprint density at radius 1 is 0.412 bits per heavy atom. The van der Waals surface area contributed by atoms with Crippen LogP contribution in [0.1, 0.15) is 0 Å². The fourth-order valence-electron chi connectivity index (χ4n) is 7.68. The zero-order valence-electron chi connectivity index (χ0n) is 27.8. The lowest BCUT2D eigenvalue weighted by Gasteiger charge is -2.27. The van der Waals surface area contributed by atoms with Crippen LogP contribution in [0.25, 0.3) is 69.9 Å². The van der Waals surface area contributed by atoms with Crippen molar-refractivity contribution in [2.75, 3.05) is 4.90 Å². The molecule has 2 nitrogen and oxygen atoms in total. The van der Waals surface area contributed by atoms with Crippen molar-refractivity contribution in [3.05, 3.63) is 194 Å². The van der Waals surface area contributed by atoms with Gasteiger partial charge in [0.05, 0.1) is 16.7 Å². The topological polar surface area (TPSA) is 8.17 Å². The third kappa shape index (κ3) is 4.93. The molecule has 0 amide bonds. The maximum absolute atomic E-state index is 2.42. The summed E-state index contributed by atoms with van der Waals surface area (Å²) in [6.07, 6.45) is 0. The van der Waals surface area contributed by atoms with Gasteiger partial charge in [-0.2, -0.15) is 0 Å². The second kappa shape index (κ2) is 12.2. The van der Waals surface area contributed by atoms with E-state index in [1.54, 1.807) is 0 Å². The van der Waals surface area contributed by atoms with Gasteiger partial charge in [-0.1, -0.05) is 127 Å². The van der Waals surface area contributed by atoms with Crippen LogP contribution in [0.5, 0.6) is 0 Å². The minimum absolute atomic E-state index is 1.13. The standard InChI is InChI=1S/C48H32N2S/c1-4-15-33(16-5-1)34-17-14-22-38(31-34)49(36-18-6-2-7-19-36)45-30-28-39(48-47(45)41-24-11-13-26-46(41)51-48)35-27-29-44-42(32-35)40-23-10-12-25-43(40)50(44)37-20-8-3-9-21-37/h1-32H. The fraction of sp³-hybridized carbons (Fsp3) is 0. The largest absolute Gasteiger partial charge is 0.310 e. The van der Waals surface area contributed by atoms with Gasteiger partial charge in [0.15, 0.2) is 0 Å². The Morgan fingerprint density at radius 2 is 1.06 bits per heavy atom. The Kier molecular flexibility index (Phi) is 7.04. The van der Waals surface area contributed by atoms with Crippen molar-refractivity contribution in [1.29, 1.82) is 0 Å². The smallest absolute Gasteiger partial charge is 0.0555 e. The highest BCUT2D eigenvalue weighted by atomic mass is 32.1. The fourth-order valence-corrected chi connectivity index (χ4v) is 8.94. The maximum atomic E-state index is 2.42. The van der Waals surface area contributed by atoms with Crippen LogP contribution >= 0.6 is 11.3 Å². The number of aromatic nitrogens is 1. The summed E-state index contributed by atoms with van der Waals surface area (Å²) in [5.41, 5.74) is 11.9. The highest BCUT2D eigenvalue weighted by Gasteiger charge is 2.22. The van der Waals surface area contributed by atoms with E-state index in [4.69, 9.17) is 0 Å². The van der Waals surface area contributed by atoms with Crippen LogP contribution in [0.3, 0.4) is 0 Å². The third-order valence-corrected chi connectivity index (χ3v) is 11.2. The van der Waals surface area contributed by atoms with Gasteiger partial charge in [-0.15, -0.1) is 11.3 Å². The van der Waals surface area contributed by atoms with Crippen molar-refractivity contribution in [2.24, 2.45) is 0 Å². The minimum Gasteiger partial charge on any atom is -0.310 e. The van der Waals surface area contributed by atoms with Crippen molar-refractivity contribution in [2.45, 2.75) is 0 Å². The van der Waals surface area contributed by atoms with Gasteiger partial charge in [-0.3, -0.25) is 0 Å². The first-order chi connectivity index (χ1) is 25.3. The summed E-state index contributed by atoms with van der Waals surface area (Å²) in [4.78, 5) is 2.42. The van der Waals surface area contributed by atoms with Crippen LogP contribution in [-0.4, -0.2) is 4.57 Å². The summed E-state index contributed by atoms with van der Waals surface area (Å²) in [6.45, 7) is 0. The predicted octanol–water partition coefficient (Wildman–Crippen LogP) is 14.0. The lowest BCUT2D eigenvalue weighted by molar-refractivity contribution is 1.18. The molecule has 0 aliphatic rings. The quantitative estimate of drug-likeness (QED) is 0.171. The first kappa shape index (κ1) is 29.5. The monoisotopic (exact) mass is 668 g/mol. The van der Waals surface area contributed by atoms with Crippen molar-refractivity contribution >= 4 is 70.4 Å². The van der Waals surface area contributed by atoms with Crippen molar-refractivity contribution < 1.29 is 0 Å². The lowest BCUT2D eigenvalue weighted by atomic mass is 9.98. The molecule has 0 saturated carbocycles. The molecular formula is C48H32N2S. The number of thiophene rings is 1. The van der Waals surface area contributed by atoms with Crippen LogP contribution in [-0.2, 0) is 0 Å². The molecule has 0 saturated heterocycles. The molecule has 0 spiro atoms. The van der Waals surface area contributed by atoms with E-state index in [0.29, 0.717) is 0 Å². The number of benzene rings is 8. The normalized spacial score (nSPS) is 11.5. The molecule has 10 rings (SSSR count). The Hall–Kier alpha value is -6.42. The van der Waals surface area contributed by atoms with E-state index >= 15 is 0 Å². The molecule has 0 aliphatic heterocycles. The second-order valence-electron chi connectivity index (χ2n) is 12.9. The van der Waals surface area contributed by atoms with Gasteiger partial charge < -0.3 is 9.47 Å². The number of nitrogens with zero attached hydrogens (tertiary/aromatic N) is 2.